The molecular formula is C15H15N3O. The largest absolute Gasteiger partial charge is 0.382 e. The minimum absolute atomic E-state index is 0.465. The van der Waals surface area contributed by atoms with Crippen LogP contribution in [0.1, 0.15) is 12.5 Å². The van der Waals surface area contributed by atoms with Crippen LogP contribution in [-0.4, -0.2) is 16.6 Å². The first kappa shape index (κ1) is 11.9. The maximum absolute atomic E-state index is 6.01. The summed E-state index contributed by atoms with van der Waals surface area (Å²) in [6, 6.07) is 9.93. The Labute approximate surface area is 111 Å². The number of aromatic nitrogens is 2. The van der Waals surface area contributed by atoms with E-state index >= 15 is 0 Å². The fourth-order valence-electron chi connectivity index (χ4n) is 2.29. The van der Waals surface area contributed by atoms with Gasteiger partial charge in [0.05, 0.1) is 12.1 Å². The summed E-state index contributed by atoms with van der Waals surface area (Å²) in [5.41, 5.74) is 8.73. The van der Waals surface area contributed by atoms with Crippen molar-refractivity contribution in [1.29, 1.82) is 0 Å². The number of nitrogen functional groups attached to an aromatic ring is 1. The van der Waals surface area contributed by atoms with E-state index in [9.17, 15) is 0 Å². The molecule has 19 heavy (non-hydrogen) atoms. The molecule has 4 heteroatoms. The lowest BCUT2D eigenvalue weighted by Gasteiger charge is -2.10. The molecule has 0 atom stereocenters. The Kier molecular flexibility index (Phi) is 3.01. The van der Waals surface area contributed by atoms with Crippen LogP contribution in [0.15, 0.2) is 36.5 Å². The van der Waals surface area contributed by atoms with Crippen molar-refractivity contribution in [3.05, 3.63) is 42.1 Å². The number of benzene rings is 1. The molecule has 3 rings (SSSR count). The molecule has 0 unspecified atom stereocenters. The van der Waals surface area contributed by atoms with Gasteiger partial charge in [0.1, 0.15) is 5.52 Å². The van der Waals surface area contributed by atoms with Gasteiger partial charge in [-0.1, -0.05) is 18.2 Å². The molecule has 3 aromatic rings. The molecule has 0 saturated heterocycles. The quantitative estimate of drug-likeness (QED) is 0.729. The Bertz CT molecular complexity index is 740. The van der Waals surface area contributed by atoms with Crippen molar-refractivity contribution in [3.8, 4) is 0 Å². The molecule has 1 aromatic carbocycles. The molecule has 96 valence electrons. The predicted molar refractivity (Wildman–Crippen MR) is 76.8 cm³/mol. The number of pyridine rings is 2. The Morgan fingerprint density at radius 2 is 2.05 bits per heavy atom. The minimum atomic E-state index is 0.465. The van der Waals surface area contributed by atoms with Gasteiger partial charge >= 0.3 is 0 Å². The Balaban J connectivity index is 2.38. The van der Waals surface area contributed by atoms with Gasteiger partial charge in [0.2, 0.25) is 0 Å². The second-order valence-corrected chi connectivity index (χ2v) is 4.35. The summed E-state index contributed by atoms with van der Waals surface area (Å²) >= 11 is 0. The number of hydrogen-bond donors (Lipinski definition) is 1. The maximum atomic E-state index is 6.01. The summed E-state index contributed by atoms with van der Waals surface area (Å²) in [4.78, 5) is 8.76. The average Bonchev–Trinajstić information content (AvgIpc) is 2.45. The maximum Gasteiger partial charge on any atom is 0.150 e. The molecule has 0 spiro atoms. The topological polar surface area (TPSA) is 61.0 Å². The van der Waals surface area contributed by atoms with Gasteiger partial charge in [-0.25, -0.2) is 4.98 Å². The lowest BCUT2D eigenvalue weighted by Crippen LogP contribution is -1.99. The number of hydrogen-bond acceptors (Lipinski definition) is 4. The van der Waals surface area contributed by atoms with Crippen molar-refractivity contribution >= 4 is 27.6 Å². The number of nitrogens with zero attached hydrogens (tertiary/aromatic N) is 2. The molecule has 2 heterocycles. The van der Waals surface area contributed by atoms with Gasteiger partial charge in [-0.3, -0.25) is 4.98 Å². The molecule has 0 saturated carbocycles. The Hall–Kier alpha value is -2.20. The number of nitrogens with two attached hydrogens (primary N) is 1. The van der Waals surface area contributed by atoms with Crippen LogP contribution in [0.5, 0.6) is 0 Å². The third-order valence-electron chi connectivity index (χ3n) is 3.16. The van der Waals surface area contributed by atoms with Crippen LogP contribution >= 0.6 is 0 Å². The van der Waals surface area contributed by atoms with Crippen LogP contribution in [-0.2, 0) is 11.3 Å². The zero-order valence-electron chi connectivity index (χ0n) is 10.8. The number of fused-ring (bicyclic) bond motifs is 3. The lowest BCUT2D eigenvalue weighted by molar-refractivity contribution is 0.135. The van der Waals surface area contributed by atoms with Crippen molar-refractivity contribution < 1.29 is 4.74 Å². The summed E-state index contributed by atoms with van der Waals surface area (Å²) in [5.74, 6) is 0.465. The highest BCUT2D eigenvalue weighted by atomic mass is 16.5. The van der Waals surface area contributed by atoms with Crippen molar-refractivity contribution in [1.82, 2.24) is 9.97 Å². The summed E-state index contributed by atoms with van der Waals surface area (Å²) < 4.78 is 5.53. The molecule has 2 N–H and O–H groups in total. The van der Waals surface area contributed by atoms with E-state index in [0.29, 0.717) is 19.0 Å². The van der Waals surface area contributed by atoms with Crippen LogP contribution in [0.3, 0.4) is 0 Å². The fourth-order valence-corrected chi connectivity index (χ4v) is 2.29. The highest BCUT2D eigenvalue weighted by Gasteiger charge is 2.10. The van der Waals surface area contributed by atoms with Gasteiger partial charge in [-0.2, -0.15) is 0 Å². The van der Waals surface area contributed by atoms with Gasteiger partial charge < -0.3 is 10.5 Å². The monoisotopic (exact) mass is 253 g/mol. The van der Waals surface area contributed by atoms with E-state index in [1.54, 1.807) is 6.20 Å². The standard InChI is InChI=1S/C15H15N3O/c1-2-19-9-10-7-8-17-14-13(10)11-5-3-4-6-12(11)18-15(14)16/h3-8H,2,9H2,1H3,(H2,16,18). The molecule has 0 fully saturated rings. The first-order chi connectivity index (χ1) is 9.31. The molecule has 0 aliphatic rings. The highest BCUT2D eigenvalue weighted by molar-refractivity contribution is 6.09. The molecular weight excluding hydrogens is 238 g/mol. The first-order valence-electron chi connectivity index (χ1n) is 6.31. The fraction of sp³-hybridized carbons (Fsp3) is 0.200. The summed E-state index contributed by atoms with van der Waals surface area (Å²) in [6.45, 7) is 3.22. The Morgan fingerprint density at radius 3 is 2.89 bits per heavy atom. The average molecular weight is 253 g/mol. The number of rotatable bonds is 3. The number of anilines is 1. The normalized spacial score (nSPS) is 11.2. The van der Waals surface area contributed by atoms with Gasteiger partial charge in [0, 0.05) is 23.6 Å². The second kappa shape index (κ2) is 4.82. The third-order valence-corrected chi connectivity index (χ3v) is 3.16. The minimum Gasteiger partial charge on any atom is -0.382 e. The van der Waals surface area contributed by atoms with Crippen LogP contribution in [0, 0.1) is 0 Å². The van der Waals surface area contributed by atoms with Crippen molar-refractivity contribution in [2.24, 2.45) is 0 Å². The number of para-hydroxylation sites is 1. The van der Waals surface area contributed by atoms with E-state index in [0.717, 1.165) is 27.4 Å². The van der Waals surface area contributed by atoms with E-state index in [1.807, 2.05) is 37.3 Å². The zero-order chi connectivity index (χ0) is 13.2. The molecule has 0 bridgehead atoms. The number of ether oxygens (including phenoxy) is 1. The third kappa shape index (κ3) is 2.00. The van der Waals surface area contributed by atoms with Crippen molar-refractivity contribution in [3.63, 3.8) is 0 Å². The summed E-state index contributed by atoms with van der Waals surface area (Å²) in [7, 11) is 0. The SMILES string of the molecule is CCOCc1ccnc2c(N)nc3ccccc3c12. The second-order valence-electron chi connectivity index (χ2n) is 4.35. The van der Waals surface area contributed by atoms with Gasteiger partial charge in [0.25, 0.3) is 0 Å². The smallest absolute Gasteiger partial charge is 0.150 e. The van der Waals surface area contributed by atoms with E-state index in [1.165, 1.54) is 0 Å². The van der Waals surface area contributed by atoms with Crippen LogP contribution in [0.2, 0.25) is 0 Å². The molecule has 4 nitrogen and oxygen atoms in total. The van der Waals surface area contributed by atoms with Gasteiger partial charge in [-0.05, 0) is 24.6 Å². The predicted octanol–water partition coefficient (Wildman–Crippen LogP) is 2.90. The van der Waals surface area contributed by atoms with Crippen LogP contribution in [0.25, 0.3) is 21.8 Å². The summed E-state index contributed by atoms with van der Waals surface area (Å²) in [6.07, 6.45) is 1.75. The highest BCUT2D eigenvalue weighted by Crippen LogP contribution is 2.29. The molecule has 0 amide bonds. The zero-order valence-corrected chi connectivity index (χ0v) is 10.8. The van der Waals surface area contributed by atoms with Crippen LogP contribution < -0.4 is 5.73 Å². The van der Waals surface area contributed by atoms with E-state index < -0.39 is 0 Å². The van der Waals surface area contributed by atoms with Gasteiger partial charge in [-0.15, -0.1) is 0 Å². The van der Waals surface area contributed by atoms with E-state index in [2.05, 4.69) is 9.97 Å². The molecule has 0 aliphatic carbocycles. The molecule has 0 radical (unpaired) electrons. The molecule has 0 aliphatic heterocycles. The van der Waals surface area contributed by atoms with Gasteiger partial charge in [0.15, 0.2) is 5.82 Å². The van der Waals surface area contributed by atoms with Crippen LogP contribution in [0.4, 0.5) is 5.82 Å². The Morgan fingerprint density at radius 1 is 1.21 bits per heavy atom. The van der Waals surface area contributed by atoms with E-state index in [4.69, 9.17) is 10.5 Å². The summed E-state index contributed by atoms with van der Waals surface area (Å²) in [5, 5.41) is 2.11. The molecule has 2 aromatic heterocycles. The lowest BCUT2D eigenvalue weighted by atomic mass is 10.0. The van der Waals surface area contributed by atoms with Crippen molar-refractivity contribution in [2.45, 2.75) is 13.5 Å². The first-order valence-corrected chi connectivity index (χ1v) is 6.31. The van der Waals surface area contributed by atoms with Crippen molar-refractivity contribution in [2.75, 3.05) is 12.3 Å². The van der Waals surface area contributed by atoms with E-state index in [-0.39, 0.29) is 0 Å².